The molecule has 0 unspecified atom stereocenters. The number of hydrogen-bond donors (Lipinski definition) is 1. The first kappa shape index (κ1) is 13.6. The molecule has 5 heteroatoms. The van der Waals surface area contributed by atoms with Crippen molar-refractivity contribution < 1.29 is 18.7 Å². The molecule has 0 aliphatic carbocycles. The molecule has 0 aromatic heterocycles. The highest BCUT2D eigenvalue weighted by molar-refractivity contribution is 7.33. The molecule has 1 N–H and O–H groups in total. The van der Waals surface area contributed by atoms with E-state index in [1.807, 2.05) is 0 Å². The first-order chi connectivity index (χ1) is 5.22. The van der Waals surface area contributed by atoms with Gasteiger partial charge in [0, 0.05) is 11.2 Å². The number of rotatable bonds is 4. The molecule has 0 atom stereocenters. The first-order valence-electron chi connectivity index (χ1n) is 3.56. The second-order valence-electron chi connectivity index (χ2n) is 1.38. The lowest BCUT2D eigenvalue weighted by Gasteiger charge is -1.78. The second kappa shape index (κ2) is 12.6. The van der Waals surface area contributed by atoms with Crippen LogP contribution in [0.1, 0.15) is 20.8 Å². The normalized spacial score (nSPS) is 8.36. The van der Waals surface area contributed by atoms with Crippen LogP contribution in [-0.2, 0) is 13.6 Å². The Morgan fingerprint density at radius 1 is 1.18 bits per heavy atom. The van der Waals surface area contributed by atoms with Crippen LogP contribution in [0.3, 0.4) is 0 Å². The monoisotopic (exact) mass is 183 g/mol. The molecule has 0 radical (unpaired) electrons. The summed E-state index contributed by atoms with van der Waals surface area (Å²) in [6.45, 7) is 6.35. The van der Waals surface area contributed by atoms with Crippen molar-refractivity contribution in [1.82, 2.24) is 0 Å². The topological polar surface area (TPSA) is 55.8 Å². The van der Waals surface area contributed by atoms with Gasteiger partial charge in [0.2, 0.25) is 0 Å². The Morgan fingerprint density at radius 3 is 1.64 bits per heavy atom. The minimum atomic E-state index is -1.83. The Hall–Kier alpha value is -0.0200. The molecule has 0 amide bonds. The molecule has 0 spiro atoms. The van der Waals surface area contributed by atoms with Gasteiger partial charge in [-0.3, -0.25) is 0 Å². The van der Waals surface area contributed by atoms with E-state index < -0.39 is 8.25 Å². The van der Waals surface area contributed by atoms with E-state index in [4.69, 9.17) is 5.11 Å². The highest BCUT2D eigenvalue weighted by Crippen LogP contribution is 2.21. The van der Waals surface area contributed by atoms with Crippen molar-refractivity contribution >= 4 is 8.25 Å². The Labute approximate surface area is 68.5 Å². The molecule has 0 fully saturated rings. The Kier molecular flexibility index (Phi) is 15.6. The zero-order chi connectivity index (χ0) is 9.11. The highest BCUT2D eigenvalue weighted by Gasteiger charge is 2.15. The van der Waals surface area contributed by atoms with Gasteiger partial charge in [-0.15, -0.1) is 9.05 Å². The third-order valence-corrected chi connectivity index (χ3v) is 1.41. The van der Waals surface area contributed by atoms with Crippen molar-refractivity contribution in [1.29, 1.82) is 0 Å². The fourth-order valence-corrected chi connectivity index (χ4v) is 0.744. The van der Waals surface area contributed by atoms with E-state index in [2.05, 4.69) is 9.05 Å². The van der Waals surface area contributed by atoms with Crippen molar-refractivity contribution in [2.75, 3.05) is 19.8 Å². The summed E-state index contributed by atoms with van der Waals surface area (Å²) in [7, 11) is -1.83. The van der Waals surface area contributed by atoms with Gasteiger partial charge in [0.1, 0.15) is 13.2 Å². The van der Waals surface area contributed by atoms with E-state index >= 15 is 0 Å². The van der Waals surface area contributed by atoms with Crippen molar-refractivity contribution in [3.63, 3.8) is 0 Å². The third kappa shape index (κ3) is 17.8. The standard InChI is InChI=1S/C4H10O3P.C2H6O/c1-3-6-8(5)7-4-2;1-2-3/h3-4H2,1-2H3;3H,2H2,1H3/q+1;. The molecule has 0 saturated carbocycles. The van der Waals surface area contributed by atoms with E-state index in [1.54, 1.807) is 20.8 Å². The summed E-state index contributed by atoms with van der Waals surface area (Å²) in [5, 5.41) is 7.57. The minimum absolute atomic E-state index is 0.250. The van der Waals surface area contributed by atoms with E-state index in [0.717, 1.165) is 0 Å². The summed E-state index contributed by atoms with van der Waals surface area (Å²) in [5.41, 5.74) is 0. The number of hydrogen-bond acceptors (Lipinski definition) is 4. The zero-order valence-electron chi connectivity index (χ0n) is 7.24. The number of aliphatic hydroxyl groups excluding tert-OH is 1. The molecule has 0 heterocycles. The predicted molar refractivity (Wildman–Crippen MR) is 43.6 cm³/mol. The lowest BCUT2D eigenvalue weighted by atomic mass is 10.9. The summed E-state index contributed by atoms with van der Waals surface area (Å²) >= 11 is 0. The maximum atomic E-state index is 10.3. The molecule has 0 rings (SSSR count). The lowest BCUT2D eigenvalue weighted by Crippen LogP contribution is -1.81. The minimum Gasteiger partial charge on any atom is -0.397 e. The van der Waals surface area contributed by atoms with Crippen molar-refractivity contribution in [2.24, 2.45) is 0 Å². The maximum absolute atomic E-state index is 10.3. The fraction of sp³-hybridized carbons (Fsp3) is 1.00. The summed E-state index contributed by atoms with van der Waals surface area (Å²) in [4.78, 5) is 0. The fourth-order valence-electron chi connectivity index (χ4n) is 0.248. The van der Waals surface area contributed by atoms with Gasteiger partial charge >= 0.3 is 8.25 Å². The first-order valence-corrected chi connectivity index (χ1v) is 4.66. The van der Waals surface area contributed by atoms with Gasteiger partial charge in [0.25, 0.3) is 0 Å². The van der Waals surface area contributed by atoms with Crippen LogP contribution >= 0.6 is 8.25 Å². The van der Waals surface area contributed by atoms with Crippen LogP contribution in [0.5, 0.6) is 0 Å². The van der Waals surface area contributed by atoms with Gasteiger partial charge in [0.15, 0.2) is 0 Å². The summed E-state index contributed by atoms with van der Waals surface area (Å²) < 4.78 is 19.5. The van der Waals surface area contributed by atoms with Crippen molar-refractivity contribution in [3.8, 4) is 0 Å². The van der Waals surface area contributed by atoms with Crippen LogP contribution in [0.25, 0.3) is 0 Å². The highest BCUT2D eigenvalue weighted by atomic mass is 31.1. The predicted octanol–water partition coefficient (Wildman–Crippen LogP) is 1.72. The van der Waals surface area contributed by atoms with E-state index in [1.165, 1.54) is 0 Å². The van der Waals surface area contributed by atoms with Gasteiger partial charge in [-0.05, 0) is 20.8 Å². The molecule has 68 valence electrons. The largest absolute Gasteiger partial charge is 0.697 e. The molecule has 4 nitrogen and oxygen atoms in total. The molecule has 0 aromatic rings. The van der Waals surface area contributed by atoms with Gasteiger partial charge in [-0.2, -0.15) is 0 Å². The molecule has 11 heavy (non-hydrogen) atoms. The molecule has 0 aliphatic heterocycles. The molecule has 0 aromatic carbocycles. The molecule has 0 saturated heterocycles. The van der Waals surface area contributed by atoms with Crippen LogP contribution in [0, 0.1) is 0 Å². The Morgan fingerprint density at radius 2 is 1.45 bits per heavy atom. The van der Waals surface area contributed by atoms with Crippen LogP contribution in [0.2, 0.25) is 0 Å². The lowest BCUT2D eigenvalue weighted by molar-refractivity contribution is 0.243. The van der Waals surface area contributed by atoms with Crippen LogP contribution in [0.4, 0.5) is 0 Å². The average Bonchev–Trinajstić information content (AvgIpc) is 1.90. The maximum Gasteiger partial charge on any atom is 0.697 e. The smallest absolute Gasteiger partial charge is 0.397 e. The van der Waals surface area contributed by atoms with E-state index in [9.17, 15) is 4.57 Å². The average molecular weight is 183 g/mol. The van der Waals surface area contributed by atoms with E-state index in [-0.39, 0.29) is 6.61 Å². The van der Waals surface area contributed by atoms with Crippen LogP contribution in [0.15, 0.2) is 0 Å². The molecule has 0 aliphatic rings. The van der Waals surface area contributed by atoms with Crippen molar-refractivity contribution in [3.05, 3.63) is 0 Å². The zero-order valence-corrected chi connectivity index (χ0v) is 8.13. The van der Waals surface area contributed by atoms with Gasteiger partial charge in [-0.25, -0.2) is 0 Å². The SMILES string of the molecule is CCO.CCO[P+](=O)OCC. The Balaban J connectivity index is 0. The van der Waals surface area contributed by atoms with E-state index in [0.29, 0.717) is 13.2 Å². The second-order valence-corrected chi connectivity index (χ2v) is 2.34. The van der Waals surface area contributed by atoms with Crippen LogP contribution in [-0.4, -0.2) is 24.9 Å². The molecule has 0 bridgehead atoms. The molecular weight excluding hydrogens is 167 g/mol. The molecular formula is C6H16O4P+. The number of aliphatic hydroxyl groups is 1. The summed E-state index contributed by atoms with van der Waals surface area (Å²) in [6, 6.07) is 0. The van der Waals surface area contributed by atoms with Crippen molar-refractivity contribution in [2.45, 2.75) is 20.8 Å². The Bertz CT molecular complexity index is 78.7. The summed E-state index contributed by atoms with van der Waals surface area (Å²) in [5.74, 6) is 0. The van der Waals surface area contributed by atoms with Gasteiger partial charge < -0.3 is 5.11 Å². The third-order valence-electron chi connectivity index (χ3n) is 0.469. The summed E-state index contributed by atoms with van der Waals surface area (Å²) in [6.07, 6.45) is 0. The van der Waals surface area contributed by atoms with Crippen LogP contribution < -0.4 is 0 Å². The van der Waals surface area contributed by atoms with Gasteiger partial charge in [-0.1, -0.05) is 0 Å². The van der Waals surface area contributed by atoms with Gasteiger partial charge in [0.05, 0.1) is 0 Å². The quantitative estimate of drug-likeness (QED) is 0.674.